The van der Waals surface area contributed by atoms with Gasteiger partial charge in [0.1, 0.15) is 5.65 Å². The molecule has 0 amide bonds. The molecule has 1 aliphatic heterocycles. The van der Waals surface area contributed by atoms with E-state index >= 15 is 0 Å². The van der Waals surface area contributed by atoms with Crippen LogP contribution in [0.4, 0.5) is 19.1 Å². The number of pyridine rings is 1. The maximum absolute atomic E-state index is 13.2. The van der Waals surface area contributed by atoms with E-state index in [0.717, 1.165) is 63.9 Å². The Hall–Kier alpha value is -3.72. The number of nitrogens with zero attached hydrogens (tertiary/aromatic N) is 4. The van der Waals surface area contributed by atoms with Crippen molar-refractivity contribution in [1.82, 2.24) is 19.9 Å². The number of unbranched alkanes of at least 4 members (excludes halogenated alkanes) is 1. The van der Waals surface area contributed by atoms with Crippen molar-refractivity contribution in [2.45, 2.75) is 57.8 Å². The molecule has 1 saturated heterocycles. The summed E-state index contributed by atoms with van der Waals surface area (Å²) in [4.78, 5) is 24.9. The summed E-state index contributed by atoms with van der Waals surface area (Å²) in [5.74, 6) is 0.574. The molecule has 2 aromatic carbocycles. The Morgan fingerprint density at radius 2 is 1.75 bits per heavy atom. The quantitative estimate of drug-likeness (QED) is 0.274. The highest BCUT2D eigenvalue weighted by molar-refractivity contribution is 5.92. The van der Waals surface area contributed by atoms with Gasteiger partial charge in [-0.25, -0.2) is 4.98 Å². The summed E-state index contributed by atoms with van der Waals surface area (Å²) in [6.45, 7) is 5.10. The zero-order chi connectivity index (χ0) is 28.1. The first-order chi connectivity index (χ1) is 19.3. The third kappa shape index (κ3) is 6.36. The molecule has 0 unspecified atom stereocenters. The van der Waals surface area contributed by atoms with E-state index in [9.17, 15) is 18.0 Å². The van der Waals surface area contributed by atoms with Gasteiger partial charge in [0, 0.05) is 43.3 Å². The molecule has 4 aromatic rings. The maximum Gasteiger partial charge on any atom is 0.416 e. The molecule has 1 fully saturated rings. The van der Waals surface area contributed by atoms with Crippen molar-refractivity contribution in [3.8, 4) is 11.1 Å². The topological polar surface area (TPSA) is 63.1 Å². The summed E-state index contributed by atoms with van der Waals surface area (Å²) >= 11 is 0. The molecule has 0 bridgehead atoms. The number of benzene rings is 2. The molecule has 0 aliphatic carbocycles. The second-order valence-electron chi connectivity index (χ2n) is 10.3. The summed E-state index contributed by atoms with van der Waals surface area (Å²) in [6, 6.07) is 17.2. The van der Waals surface area contributed by atoms with Crippen LogP contribution in [0.15, 0.2) is 71.7 Å². The summed E-state index contributed by atoms with van der Waals surface area (Å²) in [7, 11) is 0. The lowest BCUT2D eigenvalue weighted by atomic mass is 10.0. The molecule has 6 nitrogen and oxygen atoms in total. The monoisotopic (exact) mass is 549 g/mol. The minimum Gasteiger partial charge on any atom is -0.341 e. The van der Waals surface area contributed by atoms with Crippen molar-refractivity contribution in [3.63, 3.8) is 0 Å². The van der Waals surface area contributed by atoms with Crippen LogP contribution in [-0.2, 0) is 19.1 Å². The lowest BCUT2D eigenvalue weighted by molar-refractivity contribution is -0.137. The number of rotatable bonds is 9. The minimum absolute atomic E-state index is 0.221. The van der Waals surface area contributed by atoms with Gasteiger partial charge in [-0.05, 0) is 61.1 Å². The Labute approximate surface area is 231 Å². The summed E-state index contributed by atoms with van der Waals surface area (Å²) in [5, 5.41) is 4.32. The van der Waals surface area contributed by atoms with Crippen molar-refractivity contribution >= 4 is 17.0 Å². The number of piperidine rings is 1. The number of anilines is 1. The second kappa shape index (κ2) is 12.2. The minimum atomic E-state index is -4.42. The van der Waals surface area contributed by atoms with Crippen LogP contribution in [0.5, 0.6) is 0 Å². The molecule has 9 heteroatoms. The molecule has 0 saturated carbocycles. The van der Waals surface area contributed by atoms with E-state index in [1.54, 1.807) is 10.8 Å². The van der Waals surface area contributed by atoms with E-state index in [1.165, 1.54) is 23.8 Å². The van der Waals surface area contributed by atoms with Gasteiger partial charge in [-0.3, -0.25) is 9.36 Å². The average Bonchev–Trinajstić information content (AvgIpc) is 2.97. The first kappa shape index (κ1) is 27.8. The van der Waals surface area contributed by atoms with Crippen LogP contribution in [0.1, 0.15) is 43.7 Å². The average molecular weight is 550 g/mol. The van der Waals surface area contributed by atoms with Crippen LogP contribution < -0.4 is 15.8 Å². The number of hydrogen-bond donors (Lipinski definition) is 1. The van der Waals surface area contributed by atoms with Crippen LogP contribution in [0.3, 0.4) is 0 Å². The van der Waals surface area contributed by atoms with Crippen LogP contribution >= 0.6 is 0 Å². The lowest BCUT2D eigenvalue weighted by Gasteiger charge is -2.32. The van der Waals surface area contributed by atoms with Crippen molar-refractivity contribution in [3.05, 3.63) is 88.3 Å². The molecular weight excluding hydrogens is 515 g/mol. The van der Waals surface area contributed by atoms with E-state index in [1.807, 2.05) is 6.07 Å². The predicted octanol–water partition coefficient (Wildman–Crippen LogP) is 6.08. The Bertz CT molecular complexity index is 1480. The molecule has 1 N–H and O–H groups in total. The summed E-state index contributed by atoms with van der Waals surface area (Å²) < 4.78 is 41.0. The first-order valence-electron chi connectivity index (χ1n) is 13.9. The third-order valence-corrected chi connectivity index (χ3v) is 7.56. The fraction of sp³-hybridized carbons (Fsp3) is 0.387. The number of aromatic nitrogens is 3. The largest absolute Gasteiger partial charge is 0.416 e. The third-order valence-electron chi connectivity index (χ3n) is 7.56. The number of hydrogen-bond acceptors (Lipinski definition) is 5. The zero-order valence-electron chi connectivity index (χ0n) is 22.6. The number of nitrogens with one attached hydrogen (secondary N) is 1. The second-order valence-corrected chi connectivity index (χ2v) is 10.3. The van der Waals surface area contributed by atoms with Gasteiger partial charge in [-0.2, -0.15) is 18.2 Å². The molecule has 2 aromatic heterocycles. The van der Waals surface area contributed by atoms with Crippen LogP contribution in [0.25, 0.3) is 22.2 Å². The lowest BCUT2D eigenvalue weighted by Crippen LogP contribution is -2.43. The van der Waals surface area contributed by atoms with Crippen LogP contribution in [0.2, 0.25) is 0 Å². The standard InChI is InChI=1S/C31H34F3N5O/c1-2-3-17-39-28(40)20-26(23-9-11-24(12-10-23)31(32,33)34)27-21-36-30(37-29(27)39)38-18-14-25(15-19-38)35-16-13-22-7-5-4-6-8-22/h4-12,20-21,25,35H,2-3,13-19H2,1H3. The van der Waals surface area contributed by atoms with Crippen molar-refractivity contribution in [2.24, 2.45) is 0 Å². The number of aryl methyl sites for hydroxylation is 1. The maximum atomic E-state index is 13.2. The van der Waals surface area contributed by atoms with E-state index in [0.29, 0.717) is 40.7 Å². The Balaban J connectivity index is 1.36. The highest BCUT2D eigenvalue weighted by Crippen LogP contribution is 2.33. The normalized spacial score (nSPS) is 14.7. The van der Waals surface area contributed by atoms with Gasteiger partial charge in [-0.1, -0.05) is 55.8 Å². The number of halogens is 3. The predicted molar refractivity (Wildman–Crippen MR) is 153 cm³/mol. The van der Waals surface area contributed by atoms with Crippen molar-refractivity contribution in [2.75, 3.05) is 24.5 Å². The van der Waals surface area contributed by atoms with Gasteiger partial charge in [0.05, 0.1) is 5.56 Å². The van der Waals surface area contributed by atoms with E-state index in [-0.39, 0.29) is 5.56 Å². The van der Waals surface area contributed by atoms with E-state index in [2.05, 4.69) is 46.4 Å². The fourth-order valence-corrected chi connectivity index (χ4v) is 5.25. The number of alkyl halides is 3. The molecule has 0 spiro atoms. The molecule has 0 radical (unpaired) electrons. The molecule has 0 atom stereocenters. The Morgan fingerprint density at radius 1 is 1.02 bits per heavy atom. The van der Waals surface area contributed by atoms with Crippen LogP contribution in [-0.4, -0.2) is 40.2 Å². The van der Waals surface area contributed by atoms with Gasteiger partial charge < -0.3 is 10.2 Å². The molecular formula is C31H34F3N5O. The first-order valence-corrected chi connectivity index (χ1v) is 13.9. The molecule has 3 heterocycles. The summed E-state index contributed by atoms with van der Waals surface area (Å²) in [6.07, 6.45) is 1.93. The number of fused-ring (bicyclic) bond motifs is 1. The Morgan fingerprint density at radius 3 is 2.42 bits per heavy atom. The fourth-order valence-electron chi connectivity index (χ4n) is 5.25. The Kier molecular flexibility index (Phi) is 8.49. The molecule has 1 aliphatic rings. The van der Waals surface area contributed by atoms with Gasteiger partial charge in [0.25, 0.3) is 5.56 Å². The molecule has 5 rings (SSSR count). The smallest absolute Gasteiger partial charge is 0.341 e. The van der Waals surface area contributed by atoms with Crippen LogP contribution in [0, 0.1) is 0 Å². The highest BCUT2D eigenvalue weighted by atomic mass is 19.4. The summed E-state index contributed by atoms with van der Waals surface area (Å²) in [5.41, 5.74) is 1.95. The van der Waals surface area contributed by atoms with Gasteiger partial charge in [0.2, 0.25) is 5.95 Å². The molecule has 210 valence electrons. The zero-order valence-corrected chi connectivity index (χ0v) is 22.6. The van der Waals surface area contributed by atoms with Gasteiger partial charge in [-0.15, -0.1) is 0 Å². The van der Waals surface area contributed by atoms with Crippen molar-refractivity contribution < 1.29 is 13.2 Å². The molecule has 40 heavy (non-hydrogen) atoms. The van der Waals surface area contributed by atoms with Gasteiger partial charge in [0.15, 0.2) is 0 Å². The van der Waals surface area contributed by atoms with E-state index in [4.69, 9.17) is 4.98 Å². The van der Waals surface area contributed by atoms with E-state index < -0.39 is 11.7 Å². The highest BCUT2D eigenvalue weighted by Gasteiger charge is 2.30. The van der Waals surface area contributed by atoms with Crippen molar-refractivity contribution in [1.29, 1.82) is 0 Å². The van der Waals surface area contributed by atoms with Gasteiger partial charge >= 0.3 is 6.18 Å². The SMILES string of the molecule is CCCCn1c(=O)cc(-c2ccc(C(F)(F)F)cc2)c2cnc(N3CCC(NCCc4ccccc4)CC3)nc21.